The zero-order chi connectivity index (χ0) is 11.8. The number of pyridine rings is 2. The first-order valence-electron chi connectivity index (χ1n) is 5.53. The van der Waals surface area contributed by atoms with Crippen LogP contribution >= 0.6 is 27.5 Å². The molecule has 0 atom stereocenters. The molecule has 3 rings (SSSR count). The fourth-order valence-corrected chi connectivity index (χ4v) is 2.76. The van der Waals surface area contributed by atoms with E-state index in [1.54, 1.807) is 12.4 Å². The highest BCUT2D eigenvalue weighted by molar-refractivity contribution is 9.10. The lowest BCUT2D eigenvalue weighted by Gasteiger charge is -2.32. The van der Waals surface area contributed by atoms with E-state index in [-0.39, 0.29) is 0 Å². The van der Waals surface area contributed by atoms with Gasteiger partial charge in [-0.2, -0.15) is 0 Å². The molecule has 1 fully saturated rings. The molecule has 0 radical (unpaired) electrons. The lowest BCUT2D eigenvalue weighted by molar-refractivity contribution is 0.455. The largest absolute Gasteiger partial charge is 0.380 e. The summed E-state index contributed by atoms with van der Waals surface area (Å²) in [5.74, 6) is 0. The second-order valence-electron chi connectivity index (χ2n) is 4.29. The van der Waals surface area contributed by atoms with Crippen molar-refractivity contribution >= 4 is 44.3 Å². The van der Waals surface area contributed by atoms with Crippen molar-refractivity contribution in [2.24, 2.45) is 0 Å². The Labute approximate surface area is 113 Å². The molecule has 0 aliphatic heterocycles. The van der Waals surface area contributed by atoms with E-state index >= 15 is 0 Å². The van der Waals surface area contributed by atoms with Gasteiger partial charge in [0.1, 0.15) is 5.52 Å². The summed E-state index contributed by atoms with van der Waals surface area (Å²) in [6.07, 6.45) is 5.62. The third-order valence-electron chi connectivity index (χ3n) is 2.98. The van der Waals surface area contributed by atoms with Crippen molar-refractivity contribution in [3.8, 4) is 0 Å². The molecule has 0 aromatic carbocycles. The standard InChI is InChI=1S/C12H11BrClN3/c13-7-3-11-12(16-6-7)10(1-2-15-11)17-9-4-8(14)5-9/h1-3,6,8-9H,4-5H2,(H,15,17). The molecule has 88 valence electrons. The maximum Gasteiger partial charge on any atom is 0.112 e. The average molecular weight is 313 g/mol. The van der Waals surface area contributed by atoms with Crippen molar-refractivity contribution in [1.82, 2.24) is 9.97 Å². The third-order valence-corrected chi connectivity index (χ3v) is 3.77. The molecule has 0 spiro atoms. The van der Waals surface area contributed by atoms with Crippen molar-refractivity contribution in [3.63, 3.8) is 0 Å². The molecule has 0 saturated heterocycles. The first-order chi connectivity index (χ1) is 8.22. The number of anilines is 1. The number of nitrogens with zero attached hydrogens (tertiary/aromatic N) is 2. The second-order valence-corrected chi connectivity index (χ2v) is 5.82. The molecule has 2 aromatic heterocycles. The van der Waals surface area contributed by atoms with Gasteiger partial charge in [0.2, 0.25) is 0 Å². The highest BCUT2D eigenvalue weighted by atomic mass is 79.9. The predicted molar refractivity (Wildman–Crippen MR) is 73.5 cm³/mol. The quantitative estimate of drug-likeness (QED) is 0.861. The molecule has 1 aliphatic rings. The highest BCUT2D eigenvalue weighted by Gasteiger charge is 2.27. The van der Waals surface area contributed by atoms with Gasteiger partial charge >= 0.3 is 0 Å². The summed E-state index contributed by atoms with van der Waals surface area (Å²) in [7, 11) is 0. The maximum atomic E-state index is 5.97. The minimum Gasteiger partial charge on any atom is -0.380 e. The zero-order valence-corrected chi connectivity index (χ0v) is 11.4. The summed E-state index contributed by atoms with van der Waals surface area (Å²) >= 11 is 9.37. The monoisotopic (exact) mass is 311 g/mol. The molecule has 1 saturated carbocycles. The van der Waals surface area contributed by atoms with Gasteiger partial charge in [-0.15, -0.1) is 11.6 Å². The van der Waals surface area contributed by atoms with Gasteiger partial charge in [-0.05, 0) is 40.9 Å². The summed E-state index contributed by atoms with van der Waals surface area (Å²) in [6, 6.07) is 4.40. The van der Waals surface area contributed by atoms with Crippen LogP contribution in [-0.2, 0) is 0 Å². The molecule has 1 aliphatic carbocycles. The number of hydrogen-bond acceptors (Lipinski definition) is 3. The number of hydrogen-bond donors (Lipinski definition) is 1. The van der Waals surface area contributed by atoms with Crippen molar-refractivity contribution in [2.45, 2.75) is 24.3 Å². The van der Waals surface area contributed by atoms with Crippen molar-refractivity contribution in [2.75, 3.05) is 5.32 Å². The minimum atomic E-state index is 0.322. The molecule has 5 heteroatoms. The molecule has 0 amide bonds. The van der Waals surface area contributed by atoms with Crippen molar-refractivity contribution in [1.29, 1.82) is 0 Å². The van der Waals surface area contributed by atoms with Gasteiger partial charge in [0.05, 0.1) is 11.2 Å². The molecule has 17 heavy (non-hydrogen) atoms. The topological polar surface area (TPSA) is 37.8 Å². The van der Waals surface area contributed by atoms with E-state index in [0.717, 1.165) is 34.0 Å². The number of fused-ring (bicyclic) bond motifs is 1. The van der Waals surface area contributed by atoms with Crippen LogP contribution < -0.4 is 5.32 Å². The summed E-state index contributed by atoms with van der Waals surface area (Å²) in [6.45, 7) is 0. The zero-order valence-electron chi connectivity index (χ0n) is 9.03. The van der Waals surface area contributed by atoms with E-state index in [2.05, 4.69) is 31.2 Å². The summed E-state index contributed by atoms with van der Waals surface area (Å²) in [4.78, 5) is 8.72. The molecule has 0 bridgehead atoms. The maximum absolute atomic E-state index is 5.97. The summed E-state index contributed by atoms with van der Waals surface area (Å²) < 4.78 is 0.944. The van der Waals surface area contributed by atoms with Gasteiger partial charge in [0.15, 0.2) is 0 Å². The van der Waals surface area contributed by atoms with Gasteiger partial charge in [0.25, 0.3) is 0 Å². The Morgan fingerprint density at radius 1 is 1.35 bits per heavy atom. The van der Waals surface area contributed by atoms with Gasteiger partial charge in [-0.1, -0.05) is 0 Å². The molecular formula is C12H11BrClN3. The Morgan fingerprint density at radius 3 is 2.94 bits per heavy atom. The second kappa shape index (κ2) is 4.42. The highest BCUT2D eigenvalue weighted by Crippen LogP contribution is 2.30. The first-order valence-corrected chi connectivity index (χ1v) is 6.76. The van der Waals surface area contributed by atoms with E-state index in [1.165, 1.54) is 0 Å². The Morgan fingerprint density at radius 2 is 2.18 bits per heavy atom. The first kappa shape index (κ1) is 11.2. The number of rotatable bonds is 2. The average Bonchev–Trinajstić information content (AvgIpc) is 2.27. The molecule has 0 unspecified atom stereocenters. The predicted octanol–water partition coefficient (Wildman–Crippen LogP) is 3.57. The van der Waals surface area contributed by atoms with Crippen LogP contribution in [0.3, 0.4) is 0 Å². The van der Waals surface area contributed by atoms with Crippen LogP contribution in [0, 0.1) is 0 Å². The molecule has 1 N–H and O–H groups in total. The van der Waals surface area contributed by atoms with Gasteiger partial charge in [-0.25, -0.2) is 0 Å². The lowest BCUT2D eigenvalue weighted by atomic mass is 9.92. The van der Waals surface area contributed by atoms with E-state index in [0.29, 0.717) is 11.4 Å². The Kier molecular flexibility index (Phi) is 2.92. The Balaban J connectivity index is 1.93. The van der Waals surface area contributed by atoms with E-state index in [1.807, 2.05) is 12.1 Å². The lowest BCUT2D eigenvalue weighted by Crippen LogP contribution is -2.36. The molecular weight excluding hydrogens is 302 g/mol. The van der Waals surface area contributed by atoms with Crippen LogP contribution in [0.15, 0.2) is 29.0 Å². The number of nitrogens with one attached hydrogen (secondary N) is 1. The fraction of sp³-hybridized carbons (Fsp3) is 0.333. The SMILES string of the molecule is ClC1CC(Nc2ccnc3cc(Br)cnc23)C1. The van der Waals surface area contributed by atoms with Crippen LogP contribution in [0.4, 0.5) is 5.69 Å². The van der Waals surface area contributed by atoms with Crippen LogP contribution in [0.1, 0.15) is 12.8 Å². The van der Waals surface area contributed by atoms with Gasteiger partial charge < -0.3 is 5.32 Å². The summed E-state index contributed by atoms with van der Waals surface area (Å²) in [5.41, 5.74) is 2.84. The smallest absolute Gasteiger partial charge is 0.112 e. The van der Waals surface area contributed by atoms with Crippen LogP contribution in [0.5, 0.6) is 0 Å². The van der Waals surface area contributed by atoms with Crippen LogP contribution in [0.2, 0.25) is 0 Å². The summed E-state index contributed by atoms with van der Waals surface area (Å²) in [5, 5.41) is 3.79. The van der Waals surface area contributed by atoms with Gasteiger partial charge in [-0.3, -0.25) is 9.97 Å². The van der Waals surface area contributed by atoms with Crippen LogP contribution in [-0.4, -0.2) is 21.4 Å². The van der Waals surface area contributed by atoms with Crippen molar-refractivity contribution in [3.05, 3.63) is 29.0 Å². The van der Waals surface area contributed by atoms with Crippen molar-refractivity contribution < 1.29 is 0 Å². The van der Waals surface area contributed by atoms with E-state index in [4.69, 9.17) is 11.6 Å². The van der Waals surface area contributed by atoms with E-state index in [9.17, 15) is 0 Å². The van der Waals surface area contributed by atoms with Crippen LogP contribution in [0.25, 0.3) is 11.0 Å². The van der Waals surface area contributed by atoms with E-state index < -0.39 is 0 Å². The molecule has 2 heterocycles. The molecule has 3 nitrogen and oxygen atoms in total. The van der Waals surface area contributed by atoms with Gasteiger partial charge in [0, 0.05) is 28.3 Å². The Hall–Kier alpha value is -0.870. The number of halogens is 2. The Bertz CT molecular complexity index is 554. The molecule has 2 aromatic rings. The normalized spacial score (nSPS) is 23.4. The number of alkyl halides is 1. The third kappa shape index (κ3) is 2.24. The minimum absolute atomic E-state index is 0.322. The number of aromatic nitrogens is 2. The fourth-order valence-electron chi connectivity index (χ4n) is 2.01.